The maximum Gasteiger partial charge on any atom is 0.229 e. The second kappa shape index (κ2) is 7.23. The Morgan fingerprint density at radius 2 is 1.86 bits per heavy atom. The van der Waals surface area contributed by atoms with Crippen molar-refractivity contribution in [1.82, 2.24) is 9.97 Å². The fourth-order valence-corrected chi connectivity index (χ4v) is 3.87. The van der Waals surface area contributed by atoms with Crippen molar-refractivity contribution in [1.29, 1.82) is 0 Å². The fraction of sp³-hybridized carbons (Fsp3) is 0.304. The third-order valence-corrected chi connectivity index (χ3v) is 5.67. The molecule has 0 radical (unpaired) electrons. The van der Waals surface area contributed by atoms with Gasteiger partial charge in [0.05, 0.1) is 6.04 Å². The van der Waals surface area contributed by atoms with Crippen LogP contribution in [0.15, 0.2) is 42.5 Å². The van der Waals surface area contributed by atoms with Crippen LogP contribution in [0.25, 0.3) is 0 Å². The molecule has 2 aromatic carbocycles. The average Bonchev–Trinajstić information content (AvgIpc) is 2.67. The van der Waals surface area contributed by atoms with Crippen molar-refractivity contribution in [2.45, 2.75) is 40.2 Å². The number of para-hydroxylation sites is 1. The van der Waals surface area contributed by atoms with Gasteiger partial charge in [-0.3, -0.25) is 0 Å². The zero-order valence-electron chi connectivity index (χ0n) is 16.8. The topological polar surface area (TPSA) is 41.1 Å². The van der Waals surface area contributed by atoms with Crippen LogP contribution in [-0.4, -0.2) is 16.5 Å². The third-order valence-electron chi connectivity index (χ3n) is 5.67. The van der Waals surface area contributed by atoms with E-state index in [0.717, 1.165) is 52.4 Å². The van der Waals surface area contributed by atoms with Gasteiger partial charge in [0.2, 0.25) is 5.95 Å². The monoisotopic (exact) mass is 376 g/mol. The van der Waals surface area contributed by atoms with Crippen LogP contribution < -0.4 is 10.2 Å². The van der Waals surface area contributed by atoms with Crippen LogP contribution >= 0.6 is 0 Å². The van der Waals surface area contributed by atoms with Gasteiger partial charge in [-0.1, -0.05) is 24.3 Å². The standard InChI is InChI=1S/C23H25FN4/c1-14-7-5-6-8-21(14)26-23-25-16(3)15(2)22(27-23)28-12-11-18-13-19(24)9-10-20(18)17(28)4/h5-10,13,17H,11-12H2,1-4H3,(H,25,26,27). The Balaban J connectivity index is 1.71. The second-order valence-electron chi connectivity index (χ2n) is 7.48. The lowest BCUT2D eigenvalue weighted by molar-refractivity contribution is 0.593. The molecule has 0 aliphatic carbocycles. The lowest BCUT2D eigenvalue weighted by Gasteiger charge is -2.37. The summed E-state index contributed by atoms with van der Waals surface area (Å²) in [5.41, 5.74) is 6.44. The summed E-state index contributed by atoms with van der Waals surface area (Å²) in [6, 6.07) is 13.3. The molecule has 0 saturated heterocycles. The van der Waals surface area contributed by atoms with Crippen molar-refractivity contribution in [2.75, 3.05) is 16.8 Å². The van der Waals surface area contributed by atoms with E-state index in [1.54, 1.807) is 12.1 Å². The normalized spacial score (nSPS) is 16.0. The van der Waals surface area contributed by atoms with Crippen LogP contribution in [0.2, 0.25) is 0 Å². The molecular weight excluding hydrogens is 351 g/mol. The quantitative estimate of drug-likeness (QED) is 0.664. The van der Waals surface area contributed by atoms with E-state index in [4.69, 9.17) is 4.98 Å². The Labute approximate surface area is 165 Å². The van der Waals surface area contributed by atoms with Gasteiger partial charge in [-0.15, -0.1) is 0 Å². The van der Waals surface area contributed by atoms with Gasteiger partial charge in [-0.2, -0.15) is 4.98 Å². The van der Waals surface area contributed by atoms with Gasteiger partial charge in [0.25, 0.3) is 0 Å². The van der Waals surface area contributed by atoms with Crippen molar-refractivity contribution in [3.05, 3.63) is 76.2 Å². The van der Waals surface area contributed by atoms with E-state index < -0.39 is 0 Å². The molecule has 2 heterocycles. The molecule has 0 saturated carbocycles. The first-order chi connectivity index (χ1) is 13.4. The van der Waals surface area contributed by atoms with Gasteiger partial charge >= 0.3 is 0 Å². The second-order valence-corrected chi connectivity index (χ2v) is 7.48. The van der Waals surface area contributed by atoms with Crippen LogP contribution in [0.4, 0.5) is 21.8 Å². The fourth-order valence-electron chi connectivity index (χ4n) is 3.87. The molecule has 1 aromatic heterocycles. The molecule has 1 atom stereocenters. The molecule has 1 N–H and O–H groups in total. The number of hydrogen-bond acceptors (Lipinski definition) is 4. The van der Waals surface area contributed by atoms with E-state index in [0.29, 0.717) is 5.95 Å². The Hall–Kier alpha value is -2.95. The molecular formula is C23H25FN4. The van der Waals surface area contributed by atoms with Gasteiger partial charge in [-0.05, 0) is 69.0 Å². The summed E-state index contributed by atoms with van der Waals surface area (Å²) in [5.74, 6) is 1.37. The molecule has 28 heavy (non-hydrogen) atoms. The van der Waals surface area contributed by atoms with Crippen LogP contribution in [0.1, 0.15) is 40.9 Å². The SMILES string of the molecule is Cc1ccccc1Nc1nc(C)c(C)c(N2CCc3cc(F)ccc3C2C)n1. The Bertz CT molecular complexity index is 1030. The molecule has 3 aromatic rings. The smallest absolute Gasteiger partial charge is 0.229 e. The summed E-state index contributed by atoms with van der Waals surface area (Å²) in [7, 11) is 0. The predicted molar refractivity (Wildman–Crippen MR) is 112 cm³/mol. The van der Waals surface area contributed by atoms with E-state index in [-0.39, 0.29) is 11.9 Å². The highest BCUT2D eigenvalue weighted by Gasteiger charge is 2.27. The van der Waals surface area contributed by atoms with Crippen LogP contribution in [0, 0.1) is 26.6 Å². The van der Waals surface area contributed by atoms with Crippen LogP contribution in [0.3, 0.4) is 0 Å². The third kappa shape index (κ3) is 3.33. The summed E-state index contributed by atoms with van der Waals surface area (Å²) >= 11 is 0. The first-order valence-electron chi connectivity index (χ1n) is 9.67. The van der Waals surface area contributed by atoms with E-state index >= 15 is 0 Å². The molecule has 0 spiro atoms. The largest absolute Gasteiger partial charge is 0.349 e. The molecule has 0 bridgehead atoms. The summed E-state index contributed by atoms with van der Waals surface area (Å²) in [5, 5.41) is 3.36. The summed E-state index contributed by atoms with van der Waals surface area (Å²) in [6.07, 6.45) is 0.806. The van der Waals surface area contributed by atoms with Gasteiger partial charge < -0.3 is 10.2 Å². The van der Waals surface area contributed by atoms with Crippen molar-refractivity contribution in [3.63, 3.8) is 0 Å². The minimum Gasteiger partial charge on any atom is -0.349 e. The van der Waals surface area contributed by atoms with Crippen molar-refractivity contribution < 1.29 is 4.39 Å². The van der Waals surface area contributed by atoms with Gasteiger partial charge in [-0.25, -0.2) is 9.37 Å². The van der Waals surface area contributed by atoms with Crippen molar-refractivity contribution >= 4 is 17.5 Å². The predicted octanol–water partition coefficient (Wildman–Crippen LogP) is 5.41. The maximum atomic E-state index is 13.6. The highest BCUT2D eigenvalue weighted by molar-refractivity contribution is 5.61. The zero-order chi connectivity index (χ0) is 19.8. The minimum atomic E-state index is -0.168. The molecule has 0 amide bonds. The van der Waals surface area contributed by atoms with E-state index in [1.165, 1.54) is 0 Å². The van der Waals surface area contributed by atoms with Crippen molar-refractivity contribution in [3.8, 4) is 0 Å². The Morgan fingerprint density at radius 1 is 1.07 bits per heavy atom. The highest BCUT2D eigenvalue weighted by atomic mass is 19.1. The summed E-state index contributed by atoms with van der Waals surface area (Å²) < 4.78 is 13.6. The number of hydrogen-bond donors (Lipinski definition) is 1. The lowest BCUT2D eigenvalue weighted by Crippen LogP contribution is -2.35. The van der Waals surface area contributed by atoms with Crippen LogP contribution in [0.5, 0.6) is 0 Å². The average molecular weight is 376 g/mol. The number of nitrogens with one attached hydrogen (secondary N) is 1. The summed E-state index contributed by atoms with van der Waals surface area (Å²) in [4.78, 5) is 11.8. The Kier molecular flexibility index (Phi) is 4.75. The molecule has 0 fully saturated rings. The van der Waals surface area contributed by atoms with E-state index in [9.17, 15) is 4.39 Å². The highest BCUT2D eigenvalue weighted by Crippen LogP contribution is 2.35. The molecule has 4 rings (SSSR count). The Morgan fingerprint density at radius 3 is 2.64 bits per heavy atom. The molecule has 5 heteroatoms. The van der Waals surface area contributed by atoms with Gasteiger partial charge in [0.1, 0.15) is 11.6 Å². The van der Waals surface area contributed by atoms with E-state index in [2.05, 4.69) is 42.0 Å². The molecule has 4 nitrogen and oxygen atoms in total. The number of nitrogens with zero attached hydrogens (tertiary/aromatic N) is 3. The van der Waals surface area contributed by atoms with Gasteiger partial charge in [0.15, 0.2) is 0 Å². The maximum absolute atomic E-state index is 13.6. The van der Waals surface area contributed by atoms with E-state index in [1.807, 2.05) is 31.2 Å². The minimum absolute atomic E-state index is 0.128. The lowest BCUT2D eigenvalue weighted by atomic mass is 9.93. The number of halogens is 1. The number of rotatable bonds is 3. The number of fused-ring (bicyclic) bond motifs is 1. The molecule has 1 aliphatic rings. The van der Waals surface area contributed by atoms with Crippen LogP contribution in [-0.2, 0) is 6.42 Å². The number of aromatic nitrogens is 2. The van der Waals surface area contributed by atoms with Gasteiger partial charge in [0, 0.05) is 23.5 Å². The first kappa shape index (κ1) is 18.4. The first-order valence-corrected chi connectivity index (χ1v) is 9.67. The molecule has 144 valence electrons. The number of anilines is 3. The van der Waals surface area contributed by atoms with Crippen molar-refractivity contribution in [2.24, 2.45) is 0 Å². The zero-order valence-corrected chi connectivity index (χ0v) is 16.8. The number of benzene rings is 2. The molecule has 1 unspecified atom stereocenters. The summed E-state index contributed by atoms with van der Waals surface area (Å²) in [6.45, 7) is 9.10. The number of aryl methyl sites for hydroxylation is 2. The molecule has 1 aliphatic heterocycles.